The van der Waals surface area contributed by atoms with E-state index in [1.165, 1.54) is 23.1 Å². The zero-order chi connectivity index (χ0) is 28.7. The van der Waals surface area contributed by atoms with Crippen molar-refractivity contribution in [1.29, 1.82) is 5.26 Å². The van der Waals surface area contributed by atoms with Crippen LogP contribution in [0.3, 0.4) is 0 Å². The fourth-order valence-corrected chi connectivity index (χ4v) is 5.45. The monoisotopic (exact) mass is 567 g/mol. The van der Waals surface area contributed by atoms with Crippen molar-refractivity contribution in [3.63, 3.8) is 0 Å². The number of amides is 2. The highest BCUT2D eigenvalue weighted by Gasteiger charge is 2.60. The number of nitrogens with zero attached hydrogens (tertiary/aromatic N) is 4. The lowest BCUT2D eigenvalue weighted by atomic mass is 9.75. The van der Waals surface area contributed by atoms with E-state index in [0.717, 1.165) is 22.7 Å². The second kappa shape index (κ2) is 10.3. The molecule has 1 spiro atoms. The minimum atomic E-state index is -4.88. The van der Waals surface area contributed by atoms with E-state index in [4.69, 9.17) is 17.5 Å². The predicted molar refractivity (Wildman–Crippen MR) is 142 cm³/mol. The van der Waals surface area contributed by atoms with Crippen LogP contribution < -0.4 is 15.1 Å². The summed E-state index contributed by atoms with van der Waals surface area (Å²) in [5.41, 5.74) is -2.56. The highest BCUT2D eigenvalue weighted by atomic mass is 32.1. The predicted octanol–water partition coefficient (Wildman–Crippen LogP) is 5.14. The Morgan fingerprint density at radius 1 is 1.12 bits per heavy atom. The second-order valence-electron chi connectivity index (χ2n) is 9.50. The molecule has 0 radical (unpaired) electrons. The quantitative estimate of drug-likeness (QED) is 0.328. The Kier molecular flexibility index (Phi) is 7.01. The highest BCUT2D eigenvalue weighted by molar-refractivity contribution is 7.81. The molecule has 40 heavy (non-hydrogen) atoms. The molecule has 2 amide bonds. The SMILES string of the molecule is N#Cc1ncc(N2C(=O)C3(CCC3)N(c3ccc(C(=O)NCCc4ccccc4)c(F)c3)C2=S)cc1C(F)(F)F. The Balaban J connectivity index is 1.41. The first-order chi connectivity index (χ1) is 19.1. The number of anilines is 2. The molecule has 1 saturated carbocycles. The minimum absolute atomic E-state index is 0.149. The molecular weight excluding hydrogens is 546 g/mol. The van der Waals surface area contributed by atoms with Crippen LogP contribution in [-0.2, 0) is 17.4 Å². The van der Waals surface area contributed by atoms with Gasteiger partial charge in [0.2, 0.25) is 0 Å². The van der Waals surface area contributed by atoms with Crippen LogP contribution >= 0.6 is 12.2 Å². The van der Waals surface area contributed by atoms with Crippen LogP contribution in [-0.4, -0.2) is 34.0 Å². The molecule has 1 aromatic heterocycles. The normalized spacial score (nSPS) is 16.2. The number of thiocarbonyl (C=S) groups is 1. The lowest BCUT2D eigenvalue weighted by Gasteiger charge is -2.43. The van der Waals surface area contributed by atoms with E-state index in [0.29, 0.717) is 38.3 Å². The van der Waals surface area contributed by atoms with Crippen molar-refractivity contribution in [2.24, 2.45) is 0 Å². The van der Waals surface area contributed by atoms with E-state index < -0.39 is 40.6 Å². The number of nitrogens with one attached hydrogen (secondary N) is 1. The number of pyridine rings is 1. The van der Waals surface area contributed by atoms with Gasteiger partial charge < -0.3 is 10.2 Å². The summed E-state index contributed by atoms with van der Waals surface area (Å²) in [5, 5.41) is 11.6. The molecule has 2 aromatic carbocycles. The molecule has 1 aliphatic carbocycles. The minimum Gasteiger partial charge on any atom is -0.352 e. The van der Waals surface area contributed by atoms with Gasteiger partial charge in [0.15, 0.2) is 10.8 Å². The van der Waals surface area contributed by atoms with Crippen molar-refractivity contribution in [1.82, 2.24) is 10.3 Å². The number of nitriles is 1. The van der Waals surface area contributed by atoms with Crippen LogP contribution in [0.2, 0.25) is 0 Å². The van der Waals surface area contributed by atoms with Crippen molar-refractivity contribution in [2.75, 3.05) is 16.3 Å². The van der Waals surface area contributed by atoms with Crippen molar-refractivity contribution in [3.05, 3.63) is 89.0 Å². The van der Waals surface area contributed by atoms with Gasteiger partial charge >= 0.3 is 6.18 Å². The Hall–Kier alpha value is -4.37. The summed E-state index contributed by atoms with van der Waals surface area (Å²) in [5.74, 6) is -2.01. The van der Waals surface area contributed by atoms with Gasteiger partial charge in [0, 0.05) is 12.2 Å². The Labute approximate surface area is 232 Å². The Morgan fingerprint density at radius 3 is 2.45 bits per heavy atom. The third-order valence-electron chi connectivity index (χ3n) is 7.13. The topological polar surface area (TPSA) is 89.3 Å². The summed E-state index contributed by atoms with van der Waals surface area (Å²) < 4.78 is 55.9. The van der Waals surface area contributed by atoms with Gasteiger partial charge in [-0.15, -0.1) is 0 Å². The number of hydrogen-bond donors (Lipinski definition) is 1. The van der Waals surface area contributed by atoms with Crippen molar-refractivity contribution in [2.45, 2.75) is 37.4 Å². The molecule has 204 valence electrons. The van der Waals surface area contributed by atoms with Crippen LogP contribution in [0.1, 0.15) is 46.4 Å². The zero-order valence-corrected chi connectivity index (χ0v) is 21.7. The molecule has 5 rings (SSSR count). The zero-order valence-electron chi connectivity index (χ0n) is 20.8. The van der Waals surface area contributed by atoms with E-state index in [1.807, 2.05) is 30.3 Å². The third kappa shape index (κ3) is 4.66. The molecular formula is C28H21F4N5O2S. The lowest BCUT2D eigenvalue weighted by Crippen LogP contribution is -2.55. The number of alkyl halides is 3. The summed E-state index contributed by atoms with van der Waals surface area (Å²) >= 11 is 5.54. The maximum atomic E-state index is 15.2. The van der Waals surface area contributed by atoms with Crippen molar-refractivity contribution >= 4 is 40.5 Å². The largest absolute Gasteiger partial charge is 0.419 e. The van der Waals surface area contributed by atoms with Crippen LogP contribution in [0.25, 0.3) is 0 Å². The summed E-state index contributed by atoms with van der Waals surface area (Å²) in [7, 11) is 0. The molecule has 1 N–H and O–H groups in total. The first-order valence-electron chi connectivity index (χ1n) is 12.3. The molecule has 12 heteroatoms. The van der Waals surface area contributed by atoms with Crippen molar-refractivity contribution in [3.8, 4) is 6.07 Å². The number of halogens is 4. The summed E-state index contributed by atoms with van der Waals surface area (Å²) in [6.45, 7) is 0.297. The van der Waals surface area contributed by atoms with Crippen LogP contribution in [0.15, 0.2) is 60.8 Å². The van der Waals surface area contributed by atoms with Crippen molar-refractivity contribution < 1.29 is 27.2 Å². The fraction of sp³-hybridized carbons (Fsp3) is 0.250. The number of hydrogen-bond acceptors (Lipinski definition) is 5. The molecule has 2 heterocycles. The molecule has 7 nitrogen and oxygen atoms in total. The molecule has 1 aliphatic heterocycles. The average molecular weight is 568 g/mol. The number of carbonyl (C=O) groups is 2. The first-order valence-corrected chi connectivity index (χ1v) is 12.8. The maximum Gasteiger partial charge on any atom is 0.419 e. The highest BCUT2D eigenvalue weighted by Crippen LogP contribution is 2.48. The standard InChI is InChI=1S/C28H21F4N5O2S/c29-22-14-18(7-8-20(22)24(38)34-12-9-17-5-2-1-3-6-17)37-26(40)36(25(39)27(37)10-4-11-27)19-13-21(28(30,31)32)23(15-33)35-16-19/h1-3,5-8,13-14,16H,4,9-12H2,(H,34,38). The second-order valence-corrected chi connectivity index (χ2v) is 9.86. The van der Waals surface area contributed by atoms with Gasteiger partial charge in [0.25, 0.3) is 11.8 Å². The summed E-state index contributed by atoms with van der Waals surface area (Å²) in [6, 6.07) is 15.4. The number of benzene rings is 2. The fourth-order valence-electron chi connectivity index (χ4n) is 4.98. The average Bonchev–Trinajstić information content (AvgIpc) is 3.14. The number of rotatable bonds is 6. The van der Waals surface area contributed by atoms with Crippen LogP contribution in [0.5, 0.6) is 0 Å². The van der Waals surface area contributed by atoms with Gasteiger partial charge in [-0.05, 0) is 67.7 Å². The summed E-state index contributed by atoms with van der Waals surface area (Å²) in [4.78, 5) is 32.2. The van der Waals surface area contributed by atoms with Crippen LogP contribution in [0, 0.1) is 17.1 Å². The van der Waals surface area contributed by atoms with Gasteiger partial charge in [-0.3, -0.25) is 14.5 Å². The Bertz CT molecular complexity index is 1550. The van der Waals surface area contributed by atoms with E-state index in [9.17, 15) is 22.8 Å². The van der Waals surface area contributed by atoms with E-state index in [1.54, 1.807) is 0 Å². The Morgan fingerprint density at radius 2 is 1.85 bits per heavy atom. The lowest BCUT2D eigenvalue weighted by molar-refractivity contribution is -0.138. The van der Waals surface area contributed by atoms with Crippen LogP contribution in [0.4, 0.5) is 28.9 Å². The third-order valence-corrected chi connectivity index (χ3v) is 7.50. The van der Waals surface area contributed by atoms with Gasteiger partial charge in [-0.25, -0.2) is 9.37 Å². The summed E-state index contributed by atoms with van der Waals surface area (Å²) in [6.07, 6.45) is -1.98. The van der Waals surface area contributed by atoms with Gasteiger partial charge in [0.1, 0.15) is 17.4 Å². The maximum absolute atomic E-state index is 15.2. The van der Waals surface area contributed by atoms with Gasteiger partial charge in [-0.1, -0.05) is 30.3 Å². The molecule has 3 aromatic rings. The van der Waals surface area contributed by atoms with Gasteiger partial charge in [-0.2, -0.15) is 18.4 Å². The van der Waals surface area contributed by atoms with Gasteiger partial charge in [0.05, 0.1) is 23.0 Å². The first kappa shape index (κ1) is 27.2. The van der Waals surface area contributed by atoms with E-state index in [-0.39, 0.29) is 22.1 Å². The molecule has 0 bridgehead atoms. The smallest absolute Gasteiger partial charge is 0.352 e. The number of carbonyl (C=O) groups excluding carboxylic acids is 2. The number of aromatic nitrogens is 1. The molecule has 1 saturated heterocycles. The van der Waals surface area contributed by atoms with E-state index in [2.05, 4.69) is 10.3 Å². The molecule has 2 fully saturated rings. The van der Waals surface area contributed by atoms with E-state index >= 15 is 4.39 Å². The molecule has 0 unspecified atom stereocenters. The molecule has 2 aliphatic rings. The molecule has 0 atom stereocenters.